The fourth-order valence-electron chi connectivity index (χ4n) is 1.81. The molecule has 0 heterocycles. The topological polar surface area (TPSA) is 47.3 Å². The zero-order chi connectivity index (χ0) is 13.8. The maximum atomic E-state index is 5.92. The smallest absolute Gasteiger partial charge is 0.123 e. The van der Waals surface area contributed by atoms with Gasteiger partial charge in [0.2, 0.25) is 0 Å². The van der Waals surface area contributed by atoms with Crippen molar-refractivity contribution in [2.24, 2.45) is 0 Å². The molecule has 1 aromatic rings. The van der Waals surface area contributed by atoms with Gasteiger partial charge >= 0.3 is 0 Å². The SMILES string of the molecule is CCC(C)(CC)Nc1cc(N)cc(OC(C)C)c1. The van der Waals surface area contributed by atoms with Crippen molar-refractivity contribution in [1.82, 2.24) is 0 Å². The summed E-state index contributed by atoms with van der Waals surface area (Å²) in [7, 11) is 0. The molecule has 102 valence electrons. The largest absolute Gasteiger partial charge is 0.491 e. The third-order valence-electron chi connectivity index (χ3n) is 3.31. The predicted octanol–water partition coefficient (Wildman–Crippen LogP) is 4.05. The Morgan fingerprint density at radius 1 is 1.22 bits per heavy atom. The highest BCUT2D eigenvalue weighted by Gasteiger charge is 2.19. The zero-order valence-corrected chi connectivity index (χ0v) is 12.2. The molecular weight excluding hydrogens is 224 g/mol. The average molecular weight is 250 g/mol. The van der Waals surface area contributed by atoms with Crippen molar-refractivity contribution in [2.45, 2.75) is 59.1 Å². The summed E-state index contributed by atoms with van der Waals surface area (Å²) in [5, 5.41) is 3.55. The Bertz CT molecular complexity index is 384. The summed E-state index contributed by atoms with van der Waals surface area (Å²) in [6, 6.07) is 5.83. The number of hydrogen-bond donors (Lipinski definition) is 2. The molecular formula is C15H26N2O. The van der Waals surface area contributed by atoms with E-state index in [4.69, 9.17) is 10.5 Å². The van der Waals surface area contributed by atoms with Gasteiger partial charge in [0.25, 0.3) is 0 Å². The van der Waals surface area contributed by atoms with E-state index in [1.54, 1.807) is 0 Å². The first-order valence-corrected chi connectivity index (χ1v) is 6.74. The van der Waals surface area contributed by atoms with Crippen LogP contribution in [0.4, 0.5) is 11.4 Å². The third-order valence-corrected chi connectivity index (χ3v) is 3.31. The molecule has 0 aliphatic rings. The number of nitrogens with one attached hydrogen (secondary N) is 1. The van der Waals surface area contributed by atoms with Gasteiger partial charge in [-0.05, 0) is 39.7 Å². The molecule has 1 aromatic carbocycles. The molecule has 18 heavy (non-hydrogen) atoms. The maximum absolute atomic E-state index is 5.92. The Morgan fingerprint density at radius 2 is 1.83 bits per heavy atom. The van der Waals surface area contributed by atoms with Crippen LogP contribution in [0, 0.1) is 0 Å². The van der Waals surface area contributed by atoms with Crippen molar-refractivity contribution >= 4 is 11.4 Å². The van der Waals surface area contributed by atoms with Crippen LogP contribution in [0.2, 0.25) is 0 Å². The van der Waals surface area contributed by atoms with Crippen molar-refractivity contribution in [1.29, 1.82) is 0 Å². The van der Waals surface area contributed by atoms with Crippen LogP contribution in [-0.2, 0) is 0 Å². The molecule has 0 spiro atoms. The van der Waals surface area contributed by atoms with Crippen molar-refractivity contribution in [3.05, 3.63) is 18.2 Å². The zero-order valence-electron chi connectivity index (χ0n) is 12.2. The molecule has 3 nitrogen and oxygen atoms in total. The molecule has 0 saturated carbocycles. The van der Waals surface area contributed by atoms with E-state index in [1.165, 1.54) is 0 Å². The van der Waals surface area contributed by atoms with E-state index in [2.05, 4.69) is 26.1 Å². The number of anilines is 2. The molecule has 0 saturated heterocycles. The van der Waals surface area contributed by atoms with Crippen molar-refractivity contribution < 1.29 is 4.74 Å². The highest BCUT2D eigenvalue weighted by atomic mass is 16.5. The van der Waals surface area contributed by atoms with Crippen molar-refractivity contribution in [3.8, 4) is 5.75 Å². The van der Waals surface area contributed by atoms with Crippen LogP contribution in [0.3, 0.4) is 0 Å². The molecule has 0 aliphatic heterocycles. The molecule has 0 aromatic heterocycles. The first-order valence-electron chi connectivity index (χ1n) is 6.74. The fraction of sp³-hybridized carbons (Fsp3) is 0.600. The van der Waals surface area contributed by atoms with Gasteiger partial charge in [-0.25, -0.2) is 0 Å². The summed E-state index contributed by atoms with van der Waals surface area (Å²) >= 11 is 0. The standard InChI is InChI=1S/C15H26N2O/c1-6-15(5,7-2)17-13-8-12(16)9-14(10-13)18-11(3)4/h8-11,17H,6-7,16H2,1-5H3. The molecule has 1 rings (SSSR count). The lowest BCUT2D eigenvalue weighted by molar-refractivity contribution is 0.242. The van der Waals surface area contributed by atoms with Gasteiger partial charge in [-0.2, -0.15) is 0 Å². The second-order valence-electron chi connectivity index (χ2n) is 5.35. The summed E-state index contributed by atoms with van der Waals surface area (Å²) in [5.41, 5.74) is 7.77. The molecule has 0 unspecified atom stereocenters. The van der Waals surface area contributed by atoms with Gasteiger partial charge in [-0.3, -0.25) is 0 Å². The predicted molar refractivity (Wildman–Crippen MR) is 79.2 cm³/mol. The van der Waals surface area contributed by atoms with Gasteiger partial charge in [0.1, 0.15) is 5.75 Å². The van der Waals surface area contributed by atoms with E-state index < -0.39 is 0 Å². The Labute approximate surface area is 111 Å². The van der Waals surface area contributed by atoms with Crippen LogP contribution < -0.4 is 15.8 Å². The molecule has 0 aliphatic carbocycles. The Balaban J connectivity index is 2.92. The number of nitrogens with two attached hydrogens (primary N) is 1. The number of hydrogen-bond acceptors (Lipinski definition) is 3. The lowest BCUT2D eigenvalue weighted by atomic mass is 9.95. The molecule has 0 atom stereocenters. The Morgan fingerprint density at radius 3 is 2.33 bits per heavy atom. The van der Waals surface area contributed by atoms with Crippen molar-refractivity contribution in [2.75, 3.05) is 11.1 Å². The minimum atomic E-state index is 0.100. The summed E-state index contributed by atoms with van der Waals surface area (Å²) in [6.45, 7) is 10.6. The second kappa shape index (κ2) is 5.98. The molecule has 0 radical (unpaired) electrons. The minimum absolute atomic E-state index is 0.100. The lowest BCUT2D eigenvalue weighted by Crippen LogP contribution is -2.32. The van der Waals surface area contributed by atoms with E-state index in [1.807, 2.05) is 32.0 Å². The van der Waals surface area contributed by atoms with Gasteiger partial charge in [0.05, 0.1) is 6.10 Å². The van der Waals surface area contributed by atoms with E-state index in [9.17, 15) is 0 Å². The number of benzene rings is 1. The number of ether oxygens (including phenoxy) is 1. The van der Waals surface area contributed by atoms with E-state index in [0.29, 0.717) is 0 Å². The van der Waals surface area contributed by atoms with E-state index in [-0.39, 0.29) is 11.6 Å². The Kier molecular flexibility index (Phi) is 4.88. The summed E-state index contributed by atoms with van der Waals surface area (Å²) < 4.78 is 5.70. The number of nitrogen functional groups attached to an aromatic ring is 1. The fourth-order valence-corrected chi connectivity index (χ4v) is 1.81. The van der Waals surface area contributed by atoms with Gasteiger partial charge in [-0.1, -0.05) is 13.8 Å². The van der Waals surface area contributed by atoms with Crippen molar-refractivity contribution in [3.63, 3.8) is 0 Å². The summed E-state index contributed by atoms with van der Waals surface area (Å²) in [4.78, 5) is 0. The highest BCUT2D eigenvalue weighted by molar-refractivity contribution is 5.60. The molecule has 0 fully saturated rings. The van der Waals surface area contributed by atoms with E-state index >= 15 is 0 Å². The summed E-state index contributed by atoms with van der Waals surface area (Å²) in [5.74, 6) is 0.821. The third kappa shape index (κ3) is 4.13. The normalized spacial score (nSPS) is 11.7. The van der Waals surface area contributed by atoms with Gasteiger partial charge in [0, 0.05) is 29.0 Å². The quantitative estimate of drug-likeness (QED) is 0.749. The average Bonchev–Trinajstić information content (AvgIpc) is 2.27. The van der Waals surface area contributed by atoms with Crippen LogP contribution >= 0.6 is 0 Å². The minimum Gasteiger partial charge on any atom is -0.491 e. The van der Waals surface area contributed by atoms with Gasteiger partial charge < -0.3 is 15.8 Å². The first kappa shape index (κ1) is 14.7. The molecule has 3 N–H and O–H groups in total. The van der Waals surface area contributed by atoms with Gasteiger partial charge in [0.15, 0.2) is 0 Å². The molecule has 0 amide bonds. The maximum Gasteiger partial charge on any atom is 0.123 e. The molecule has 3 heteroatoms. The first-order chi connectivity index (χ1) is 8.38. The van der Waals surface area contributed by atoms with Gasteiger partial charge in [-0.15, -0.1) is 0 Å². The van der Waals surface area contributed by atoms with Crippen LogP contribution in [0.25, 0.3) is 0 Å². The van der Waals surface area contributed by atoms with Crippen LogP contribution in [0.1, 0.15) is 47.5 Å². The van der Waals surface area contributed by atoms with E-state index in [0.717, 1.165) is 30.0 Å². The summed E-state index contributed by atoms with van der Waals surface area (Å²) in [6.07, 6.45) is 2.29. The second-order valence-corrected chi connectivity index (χ2v) is 5.35. The van der Waals surface area contributed by atoms with Crippen LogP contribution in [-0.4, -0.2) is 11.6 Å². The van der Waals surface area contributed by atoms with Crippen LogP contribution in [0.15, 0.2) is 18.2 Å². The molecule has 0 bridgehead atoms. The Hall–Kier alpha value is -1.38. The lowest BCUT2D eigenvalue weighted by Gasteiger charge is -2.30. The highest BCUT2D eigenvalue weighted by Crippen LogP contribution is 2.28. The number of rotatable bonds is 6. The monoisotopic (exact) mass is 250 g/mol. The van der Waals surface area contributed by atoms with Crippen LogP contribution in [0.5, 0.6) is 5.75 Å².